The van der Waals surface area contributed by atoms with Crippen molar-refractivity contribution in [3.63, 3.8) is 0 Å². The fourth-order valence-electron chi connectivity index (χ4n) is 2.28. The standard InChI is InChI=1S/C16H9ClF5N3O2S/c17-15-3-1-2-12(24-15)14-4-8(7-23-14)28(26,27)25-13-6-10(18)9(5-11(13)19)16(20,21)22/h1-7,23,25H. The number of nitrogens with zero attached hydrogens (tertiary/aromatic N) is 1. The monoisotopic (exact) mass is 437 g/mol. The van der Waals surface area contributed by atoms with Crippen LogP contribution in [0.2, 0.25) is 5.15 Å². The number of pyridine rings is 1. The van der Waals surface area contributed by atoms with Crippen LogP contribution in [0.1, 0.15) is 5.56 Å². The minimum atomic E-state index is -5.12. The lowest BCUT2D eigenvalue weighted by atomic mass is 10.2. The molecule has 0 saturated carbocycles. The van der Waals surface area contributed by atoms with Crippen molar-refractivity contribution >= 4 is 27.3 Å². The molecule has 0 unspecified atom stereocenters. The van der Waals surface area contributed by atoms with E-state index in [4.69, 9.17) is 11.6 Å². The first-order chi connectivity index (χ1) is 13.0. The van der Waals surface area contributed by atoms with Crippen LogP contribution in [0, 0.1) is 11.6 Å². The smallest absolute Gasteiger partial charge is 0.359 e. The van der Waals surface area contributed by atoms with Gasteiger partial charge >= 0.3 is 6.18 Å². The van der Waals surface area contributed by atoms with Crippen molar-refractivity contribution in [3.05, 3.63) is 64.9 Å². The Hall–Kier alpha value is -2.66. The molecule has 0 aliphatic carbocycles. The lowest BCUT2D eigenvalue weighted by molar-refractivity contribution is -0.140. The SMILES string of the molecule is O=S(=O)(Nc1cc(F)c(C(F)(F)F)cc1F)c1c[nH]c(-c2cccc(Cl)n2)c1. The van der Waals surface area contributed by atoms with Crippen molar-refractivity contribution in [1.29, 1.82) is 0 Å². The number of nitrogens with one attached hydrogen (secondary N) is 2. The Morgan fingerprint density at radius 2 is 1.79 bits per heavy atom. The summed E-state index contributed by atoms with van der Waals surface area (Å²) >= 11 is 5.76. The summed E-state index contributed by atoms with van der Waals surface area (Å²) in [6.45, 7) is 0. The van der Waals surface area contributed by atoms with Crippen molar-refractivity contribution < 1.29 is 30.4 Å². The molecule has 2 aromatic heterocycles. The maximum absolute atomic E-state index is 13.9. The molecule has 0 fully saturated rings. The number of alkyl halides is 3. The van der Waals surface area contributed by atoms with E-state index < -0.39 is 39.1 Å². The lowest BCUT2D eigenvalue weighted by Crippen LogP contribution is -2.15. The molecule has 0 bridgehead atoms. The van der Waals surface area contributed by atoms with E-state index in [9.17, 15) is 30.4 Å². The fourth-order valence-corrected chi connectivity index (χ4v) is 3.50. The van der Waals surface area contributed by atoms with E-state index in [1.165, 1.54) is 6.07 Å². The number of hydrogen-bond acceptors (Lipinski definition) is 3. The van der Waals surface area contributed by atoms with Gasteiger partial charge in [0.1, 0.15) is 21.7 Å². The van der Waals surface area contributed by atoms with Crippen molar-refractivity contribution in [1.82, 2.24) is 9.97 Å². The van der Waals surface area contributed by atoms with Crippen molar-refractivity contribution in [3.8, 4) is 11.4 Å². The molecular weight excluding hydrogens is 429 g/mol. The summed E-state index contributed by atoms with van der Waals surface area (Å²) in [6.07, 6.45) is -4.07. The number of H-pyrrole nitrogens is 1. The molecular formula is C16H9ClF5N3O2S. The Morgan fingerprint density at radius 1 is 1.07 bits per heavy atom. The zero-order valence-corrected chi connectivity index (χ0v) is 15.1. The molecule has 0 amide bonds. The van der Waals surface area contributed by atoms with E-state index >= 15 is 0 Å². The maximum Gasteiger partial charge on any atom is 0.419 e. The molecule has 2 heterocycles. The van der Waals surface area contributed by atoms with Crippen LogP contribution in [-0.4, -0.2) is 18.4 Å². The van der Waals surface area contributed by atoms with Gasteiger partial charge in [-0.2, -0.15) is 13.2 Å². The number of aromatic nitrogens is 2. The highest BCUT2D eigenvalue weighted by atomic mass is 35.5. The van der Waals surface area contributed by atoms with Gasteiger partial charge in [0.05, 0.1) is 22.6 Å². The first-order valence-electron chi connectivity index (χ1n) is 7.38. The molecule has 0 aliphatic rings. The summed E-state index contributed by atoms with van der Waals surface area (Å²) in [7, 11) is -4.43. The van der Waals surface area contributed by atoms with Crippen LogP contribution in [0.25, 0.3) is 11.4 Å². The lowest BCUT2D eigenvalue weighted by Gasteiger charge is -2.12. The highest BCUT2D eigenvalue weighted by Gasteiger charge is 2.35. The van der Waals surface area contributed by atoms with Crippen molar-refractivity contribution in [2.45, 2.75) is 11.1 Å². The highest BCUT2D eigenvalue weighted by molar-refractivity contribution is 7.92. The molecule has 28 heavy (non-hydrogen) atoms. The number of sulfonamides is 1. The molecule has 0 saturated heterocycles. The fraction of sp³-hybridized carbons (Fsp3) is 0.0625. The van der Waals surface area contributed by atoms with Gasteiger partial charge in [0, 0.05) is 12.3 Å². The predicted octanol–water partition coefficient (Wildman–Crippen LogP) is 4.83. The molecule has 0 aliphatic heterocycles. The minimum Gasteiger partial charge on any atom is -0.359 e. The summed E-state index contributed by atoms with van der Waals surface area (Å²) in [5.41, 5.74) is -2.22. The summed E-state index contributed by atoms with van der Waals surface area (Å²) < 4.78 is 91.7. The van der Waals surface area contributed by atoms with Crippen LogP contribution in [-0.2, 0) is 16.2 Å². The average Bonchev–Trinajstić information content (AvgIpc) is 3.07. The average molecular weight is 438 g/mol. The molecule has 0 atom stereocenters. The zero-order valence-electron chi connectivity index (χ0n) is 13.5. The van der Waals surface area contributed by atoms with Gasteiger partial charge in [-0.05, 0) is 24.3 Å². The summed E-state index contributed by atoms with van der Waals surface area (Å²) in [5, 5.41) is 0.164. The zero-order chi connectivity index (χ0) is 20.7. The second-order valence-corrected chi connectivity index (χ2v) is 7.58. The number of halogens is 6. The van der Waals surface area contributed by atoms with E-state index in [1.54, 1.807) is 16.9 Å². The van der Waals surface area contributed by atoms with Crippen molar-refractivity contribution in [2.24, 2.45) is 0 Å². The number of rotatable bonds is 4. The molecule has 3 aromatic rings. The second kappa shape index (κ2) is 7.06. The molecule has 5 nitrogen and oxygen atoms in total. The second-order valence-electron chi connectivity index (χ2n) is 5.51. The van der Waals surface area contributed by atoms with Gasteiger partial charge in [0.25, 0.3) is 10.0 Å². The van der Waals surface area contributed by atoms with Crippen LogP contribution in [0.15, 0.2) is 47.5 Å². The number of anilines is 1. The first kappa shape index (κ1) is 20.1. The first-order valence-corrected chi connectivity index (χ1v) is 9.24. The third kappa shape index (κ3) is 4.09. The Balaban J connectivity index is 1.92. The topological polar surface area (TPSA) is 74.8 Å². The third-order valence-corrected chi connectivity index (χ3v) is 5.12. The molecule has 3 rings (SSSR count). The van der Waals surface area contributed by atoms with Gasteiger partial charge in [-0.1, -0.05) is 17.7 Å². The van der Waals surface area contributed by atoms with Gasteiger partial charge in [0.2, 0.25) is 0 Å². The van der Waals surface area contributed by atoms with Crippen LogP contribution >= 0.6 is 11.6 Å². The van der Waals surface area contributed by atoms with Crippen LogP contribution < -0.4 is 4.72 Å². The molecule has 0 radical (unpaired) electrons. The molecule has 148 valence electrons. The van der Waals surface area contributed by atoms with Gasteiger partial charge < -0.3 is 4.98 Å². The quantitative estimate of drug-likeness (QED) is 0.453. The molecule has 1 aromatic carbocycles. The van der Waals surface area contributed by atoms with E-state index in [1.807, 2.05) is 0 Å². The summed E-state index contributed by atoms with van der Waals surface area (Å²) in [6, 6.07) is 5.80. The van der Waals surface area contributed by atoms with E-state index in [0.717, 1.165) is 12.3 Å². The third-order valence-electron chi connectivity index (χ3n) is 3.56. The highest BCUT2D eigenvalue weighted by Crippen LogP contribution is 2.34. The van der Waals surface area contributed by atoms with Gasteiger partial charge in [-0.25, -0.2) is 22.2 Å². The van der Waals surface area contributed by atoms with Crippen LogP contribution in [0.4, 0.5) is 27.6 Å². The van der Waals surface area contributed by atoms with Crippen LogP contribution in [0.5, 0.6) is 0 Å². The van der Waals surface area contributed by atoms with Crippen molar-refractivity contribution in [2.75, 3.05) is 4.72 Å². The number of hydrogen-bond donors (Lipinski definition) is 2. The predicted molar refractivity (Wildman–Crippen MR) is 91.2 cm³/mol. The van der Waals surface area contributed by atoms with E-state index in [2.05, 4.69) is 9.97 Å². The summed E-state index contributed by atoms with van der Waals surface area (Å²) in [4.78, 5) is 6.25. The minimum absolute atomic E-state index is 0.119. The Kier molecular flexibility index (Phi) is 5.06. The number of benzene rings is 1. The normalized spacial score (nSPS) is 12.2. The van der Waals surface area contributed by atoms with E-state index in [-0.39, 0.29) is 27.9 Å². The molecule has 2 N–H and O–H groups in total. The Morgan fingerprint density at radius 3 is 2.43 bits per heavy atom. The molecule has 12 heteroatoms. The number of aromatic amines is 1. The largest absolute Gasteiger partial charge is 0.419 e. The Bertz CT molecular complexity index is 1150. The molecule has 0 spiro atoms. The maximum atomic E-state index is 13.9. The van der Waals surface area contributed by atoms with Gasteiger partial charge in [-0.3, -0.25) is 4.72 Å². The van der Waals surface area contributed by atoms with E-state index in [0.29, 0.717) is 5.69 Å². The van der Waals surface area contributed by atoms with Gasteiger partial charge in [-0.15, -0.1) is 0 Å². The van der Waals surface area contributed by atoms with Crippen LogP contribution in [0.3, 0.4) is 0 Å². The summed E-state index contributed by atoms with van der Waals surface area (Å²) in [5.74, 6) is -3.39. The van der Waals surface area contributed by atoms with Gasteiger partial charge in [0.15, 0.2) is 0 Å². The Labute approximate surface area is 160 Å².